The molecule has 0 unspecified atom stereocenters. The Balaban J connectivity index is 1.64. The number of primary amides is 1. The molecule has 4 rings (SSSR count). The molecule has 2 amide bonds. The summed E-state index contributed by atoms with van der Waals surface area (Å²) in [7, 11) is 0. The van der Waals surface area contributed by atoms with E-state index in [2.05, 4.69) is 11.9 Å². The van der Waals surface area contributed by atoms with Crippen LogP contribution in [0.3, 0.4) is 0 Å². The lowest BCUT2D eigenvalue weighted by atomic mass is 9.82. The molecule has 1 aromatic carbocycles. The van der Waals surface area contributed by atoms with Crippen LogP contribution in [0.2, 0.25) is 0 Å². The Kier molecular flexibility index (Phi) is 7.33. The summed E-state index contributed by atoms with van der Waals surface area (Å²) in [6, 6.07) is 10.9. The number of aromatic nitrogens is 3. The Morgan fingerprint density at radius 3 is 2.17 bits per heavy atom. The number of nitrogens with zero attached hydrogens (tertiary/aromatic N) is 4. The minimum absolute atomic E-state index is 0.0394. The van der Waals surface area contributed by atoms with Crippen molar-refractivity contribution in [1.82, 2.24) is 14.8 Å². The highest BCUT2D eigenvalue weighted by Gasteiger charge is 2.33. The molecule has 0 spiro atoms. The van der Waals surface area contributed by atoms with Gasteiger partial charge in [0.15, 0.2) is 11.6 Å². The third-order valence-corrected chi connectivity index (χ3v) is 6.90. The van der Waals surface area contributed by atoms with Crippen molar-refractivity contribution in [3.8, 4) is 16.8 Å². The van der Waals surface area contributed by atoms with Crippen LogP contribution in [-0.2, 0) is 4.79 Å². The first-order valence-electron chi connectivity index (χ1n) is 12.5. The van der Waals surface area contributed by atoms with E-state index >= 15 is 0 Å². The molecule has 8 heteroatoms. The van der Waals surface area contributed by atoms with Crippen LogP contribution in [0.4, 0.5) is 5.82 Å². The highest BCUT2D eigenvalue weighted by atomic mass is 16.2. The van der Waals surface area contributed by atoms with E-state index in [-0.39, 0.29) is 29.3 Å². The van der Waals surface area contributed by atoms with Gasteiger partial charge in [-0.3, -0.25) is 24.3 Å². The van der Waals surface area contributed by atoms with Gasteiger partial charge < -0.3 is 5.73 Å². The van der Waals surface area contributed by atoms with Crippen LogP contribution in [0, 0.1) is 11.8 Å². The van der Waals surface area contributed by atoms with E-state index in [9.17, 15) is 14.4 Å². The zero-order valence-corrected chi connectivity index (χ0v) is 21.3. The van der Waals surface area contributed by atoms with Crippen molar-refractivity contribution < 1.29 is 14.4 Å². The Morgan fingerprint density at radius 1 is 1.00 bits per heavy atom. The van der Waals surface area contributed by atoms with Gasteiger partial charge in [-0.25, -0.2) is 4.68 Å². The molecule has 2 aromatic heterocycles. The maximum atomic E-state index is 13.6. The standard InChI is InChI=1S/C28H33N5O3/c1-17(2)33(28(36)21-7-5-18(3)6-8-21)27-24(19(4)34)16-32(31-27)23-12-9-20(10-13-23)22-11-14-25(26(29)35)30-15-22/h9-18,21H,5-8H2,1-4H3,(H2,29,35). The lowest BCUT2D eigenvalue weighted by Gasteiger charge is -2.32. The molecular formula is C28H33N5O3. The number of rotatable bonds is 7. The molecule has 0 aliphatic heterocycles. The van der Waals surface area contributed by atoms with Crippen molar-refractivity contribution in [2.75, 3.05) is 4.90 Å². The Morgan fingerprint density at radius 2 is 1.64 bits per heavy atom. The van der Waals surface area contributed by atoms with Gasteiger partial charge in [-0.2, -0.15) is 0 Å². The summed E-state index contributed by atoms with van der Waals surface area (Å²) in [5.74, 6) is 0.364. The van der Waals surface area contributed by atoms with Gasteiger partial charge in [-0.05, 0) is 76.1 Å². The van der Waals surface area contributed by atoms with Crippen molar-refractivity contribution in [1.29, 1.82) is 0 Å². The Hall–Kier alpha value is -3.81. The summed E-state index contributed by atoms with van der Waals surface area (Å²) in [4.78, 5) is 43.2. The molecule has 3 aromatic rings. The molecule has 188 valence electrons. The van der Waals surface area contributed by atoms with Crippen molar-refractivity contribution in [3.05, 3.63) is 60.0 Å². The molecule has 0 bridgehead atoms. The molecule has 2 heterocycles. The van der Waals surface area contributed by atoms with Crippen molar-refractivity contribution in [2.45, 2.75) is 59.4 Å². The molecule has 1 aliphatic rings. The SMILES string of the molecule is CC(=O)c1cn(-c2ccc(-c3ccc(C(N)=O)nc3)cc2)nc1N(C(=O)C1CCC(C)CC1)C(C)C. The van der Waals surface area contributed by atoms with Crippen LogP contribution in [0.1, 0.15) is 74.2 Å². The number of Topliss-reactive ketones (excluding diaryl/α,β-unsaturated/α-hetero) is 1. The summed E-state index contributed by atoms with van der Waals surface area (Å²) in [6.45, 7) is 7.65. The third-order valence-electron chi connectivity index (χ3n) is 6.90. The zero-order chi connectivity index (χ0) is 26.0. The van der Waals surface area contributed by atoms with Gasteiger partial charge in [-0.15, -0.1) is 5.10 Å². The summed E-state index contributed by atoms with van der Waals surface area (Å²) < 4.78 is 1.65. The number of hydrogen-bond acceptors (Lipinski definition) is 5. The van der Waals surface area contributed by atoms with Gasteiger partial charge >= 0.3 is 0 Å². The lowest BCUT2D eigenvalue weighted by molar-refractivity contribution is -0.124. The minimum Gasteiger partial charge on any atom is -0.364 e. The molecule has 1 fully saturated rings. The predicted molar refractivity (Wildman–Crippen MR) is 139 cm³/mol. The molecule has 2 N–H and O–H groups in total. The first-order chi connectivity index (χ1) is 17.2. The molecular weight excluding hydrogens is 454 g/mol. The van der Waals surface area contributed by atoms with Gasteiger partial charge in [-0.1, -0.05) is 25.1 Å². The fourth-order valence-electron chi connectivity index (χ4n) is 4.75. The summed E-state index contributed by atoms with van der Waals surface area (Å²) in [6.07, 6.45) is 7.13. The topological polar surface area (TPSA) is 111 Å². The van der Waals surface area contributed by atoms with Crippen LogP contribution < -0.4 is 10.6 Å². The average Bonchev–Trinajstić information content (AvgIpc) is 3.29. The maximum absolute atomic E-state index is 13.6. The van der Waals surface area contributed by atoms with Crippen molar-refractivity contribution in [3.63, 3.8) is 0 Å². The zero-order valence-electron chi connectivity index (χ0n) is 21.3. The number of pyridine rings is 1. The molecule has 8 nitrogen and oxygen atoms in total. The number of benzene rings is 1. The Labute approximate surface area is 211 Å². The second kappa shape index (κ2) is 10.4. The van der Waals surface area contributed by atoms with Crippen molar-refractivity contribution in [2.24, 2.45) is 17.6 Å². The second-order valence-electron chi connectivity index (χ2n) is 9.97. The number of carbonyl (C=O) groups is 3. The summed E-state index contributed by atoms with van der Waals surface area (Å²) in [5, 5.41) is 4.72. The third kappa shape index (κ3) is 5.22. The van der Waals surface area contributed by atoms with Gasteiger partial charge in [0.25, 0.3) is 5.91 Å². The second-order valence-corrected chi connectivity index (χ2v) is 9.97. The van der Waals surface area contributed by atoms with E-state index in [0.29, 0.717) is 17.3 Å². The molecule has 0 atom stereocenters. The van der Waals surface area contributed by atoms with Gasteiger partial charge in [0, 0.05) is 29.9 Å². The predicted octanol–water partition coefficient (Wildman–Crippen LogP) is 4.80. The summed E-state index contributed by atoms with van der Waals surface area (Å²) >= 11 is 0. The first kappa shape index (κ1) is 25.3. The largest absolute Gasteiger partial charge is 0.364 e. The van der Waals surface area contributed by atoms with E-state index in [4.69, 9.17) is 10.8 Å². The fourth-order valence-corrected chi connectivity index (χ4v) is 4.75. The Bertz CT molecular complexity index is 1250. The van der Waals surface area contributed by atoms with Gasteiger partial charge in [0.05, 0.1) is 11.3 Å². The van der Waals surface area contributed by atoms with E-state index in [1.54, 1.807) is 34.1 Å². The van der Waals surface area contributed by atoms with Crippen LogP contribution in [-0.4, -0.2) is 38.4 Å². The quantitative estimate of drug-likeness (QED) is 0.481. The van der Waals surface area contributed by atoms with E-state index < -0.39 is 5.91 Å². The molecule has 0 radical (unpaired) electrons. The van der Waals surface area contributed by atoms with Crippen LogP contribution >= 0.6 is 0 Å². The molecule has 36 heavy (non-hydrogen) atoms. The van der Waals surface area contributed by atoms with Gasteiger partial charge in [0.2, 0.25) is 5.91 Å². The van der Waals surface area contributed by atoms with E-state index in [1.807, 2.05) is 38.1 Å². The fraction of sp³-hybridized carbons (Fsp3) is 0.393. The number of anilines is 1. The smallest absolute Gasteiger partial charge is 0.267 e. The molecule has 1 aliphatic carbocycles. The van der Waals surface area contributed by atoms with Crippen LogP contribution in [0.5, 0.6) is 0 Å². The van der Waals surface area contributed by atoms with Crippen LogP contribution in [0.15, 0.2) is 48.8 Å². The van der Waals surface area contributed by atoms with Crippen LogP contribution in [0.25, 0.3) is 16.8 Å². The number of carbonyl (C=O) groups excluding carboxylic acids is 3. The lowest BCUT2D eigenvalue weighted by Crippen LogP contribution is -2.43. The number of hydrogen-bond donors (Lipinski definition) is 1. The minimum atomic E-state index is -0.570. The van der Waals surface area contributed by atoms with Gasteiger partial charge in [0.1, 0.15) is 5.69 Å². The highest BCUT2D eigenvalue weighted by Crippen LogP contribution is 2.33. The highest BCUT2D eigenvalue weighted by molar-refractivity contribution is 6.04. The molecule has 1 saturated carbocycles. The number of ketones is 1. The van der Waals surface area contributed by atoms with Crippen molar-refractivity contribution >= 4 is 23.4 Å². The monoisotopic (exact) mass is 487 g/mol. The number of nitrogens with two attached hydrogens (primary N) is 1. The first-order valence-corrected chi connectivity index (χ1v) is 12.5. The molecule has 0 saturated heterocycles. The average molecular weight is 488 g/mol. The van der Waals surface area contributed by atoms with E-state index in [1.165, 1.54) is 6.92 Å². The maximum Gasteiger partial charge on any atom is 0.267 e. The van der Waals surface area contributed by atoms with E-state index in [0.717, 1.165) is 42.5 Å². The summed E-state index contributed by atoms with van der Waals surface area (Å²) in [5.41, 5.74) is 8.42. The number of amides is 2. The normalized spacial score (nSPS) is 17.7.